The summed E-state index contributed by atoms with van der Waals surface area (Å²) in [4.78, 5) is 16.3. The first-order valence-corrected chi connectivity index (χ1v) is 10.4. The summed E-state index contributed by atoms with van der Waals surface area (Å²) in [5.74, 6) is 0.432. The number of H-pyrrole nitrogens is 1. The Bertz CT molecular complexity index is 1250. The number of aliphatic hydroxyl groups is 1. The second kappa shape index (κ2) is 9.16. The van der Waals surface area contributed by atoms with Gasteiger partial charge in [0, 0.05) is 23.0 Å². The highest BCUT2D eigenvalue weighted by atomic mass is 16.5. The summed E-state index contributed by atoms with van der Waals surface area (Å²) in [7, 11) is 3.13. The molecule has 0 saturated heterocycles. The van der Waals surface area contributed by atoms with E-state index in [0.29, 0.717) is 11.3 Å². The lowest BCUT2D eigenvalue weighted by atomic mass is 9.98. The molecule has 164 valence electrons. The molecule has 0 spiro atoms. The fraction of sp³-hybridized carbons (Fsp3) is 0.192. The number of rotatable bonds is 7. The summed E-state index contributed by atoms with van der Waals surface area (Å²) in [6.07, 6.45) is 0.793. The number of amides is 1. The normalized spacial score (nSPS) is 12.9. The maximum Gasteiger partial charge on any atom is 0.257 e. The standard InChI is InChI=1S/C26H26N2O4/c1-16(22-15-27-23-10-5-4-9-20(22)23)25(29)28-26(30)21-14-18(11-12-24(21)32-3)17-7-6-8-19(13-17)31-2/h4-16,25,27,29H,1-3H3,(H,28,30)/t16?,25-/m1/s1. The molecule has 0 aliphatic heterocycles. The third-order valence-corrected chi connectivity index (χ3v) is 5.71. The first kappa shape index (κ1) is 21.5. The van der Waals surface area contributed by atoms with Crippen molar-refractivity contribution < 1.29 is 19.4 Å². The van der Waals surface area contributed by atoms with Gasteiger partial charge < -0.3 is 24.9 Å². The SMILES string of the molecule is COc1cccc(-c2ccc(OC)c(C(=O)N[C@H](O)C(C)c3c[nH]c4ccccc34)c2)c1. The lowest BCUT2D eigenvalue weighted by Crippen LogP contribution is -2.38. The van der Waals surface area contributed by atoms with Gasteiger partial charge in [0.1, 0.15) is 17.7 Å². The predicted molar refractivity (Wildman–Crippen MR) is 125 cm³/mol. The van der Waals surface area contributed by atoms with E-state index in [0.717, 1.165) is 33.3 Å². The molecule has 2 atom stereocenters. The predicted octanol–water partition coefficient (Wildman–Crippen LogP) is 4.70. The number of benzene rings is 3. The summed E-state index contributed by atoms with van der Waals surface area (Å²) >= 11 is 0. The van der Waals surface area contributed by atoms with Gasteiger partial charge in [-0.1, -0.05) is 43.3 Å². The van der Waals surface area contributed by atoms with Gasteiger partial charge in [0.2, 0.25) is 0 Å². The Morgan fingerprint density at radius 2 is 1.75 bits per heavy atom. The average Bonchev–Trinajstić information content (AvgIpc) is 3.27. The largest absolute Gasteiger partial charge is 0.497 e. The minimum absolute atomic E-state index is 0.317. The Morgan fingerprint density at radius 1 is 0.969 bits per heavy atom. The zero-order valence-electron chi connectivity index (χ0n) is 18.3. The molecule has 1 heterocycles. The fourth-order valence-electron chi connectivity index (χ4n) is 3.85. The summed E-state index contributed by atoms with van der Waals surface area (Å²) in [5.41, 5.74) is 4.02. The summed E-state index contributed by atoms with van der Waals surface area (Å²) < 4.78 is 10.7. The van der Waals surface area contributed by atoms with E-state index in [1.165, 1.54) is 7.11 Å². The van der Waals surface area contributed by atoms with E-state index < -0.39 is 12.1 Å². The molecule has 1 aromatic heterocycles. The summed E-state index contributed by atoms with van der Waals surface area (Å²) in [6.45, 7) is 1.88. The van der Waals surface area contributed by atoms with Gasteiger partial charge in [0.25, 0.3) is 5.91 Å². The minimum Gasteiger partial charge on any atom is -0.497 e. The molecule has 3 N–H and O–H groups in total. The van der Waals surface area contributed by atoms with Gasteiger partial charge in [0.05, 0.1) is 19.8 Å². The second-order valence-electron chi connectivity index (χ2n) is 7.64. The van der Waals surface area contributed by atoms with Crippen molar-refractivity contribution in [3.8, 4) is 22.6 Å². The first-order valence-electron chi connectivity index (χ1n) is 10.4. The van der Waals surface area contributed by atoms with Crippen molar-refractivity contribution in [2.45, 2.75) is 19.1 Å². The Morgan fingerprint density at radius 3 is 2.53 bits per heavy atom. The quantitative estimate of drug-likeness (QED) is 0.371. The van der Waals surface area contributed by atoms with Crippen LogP contribution in [-0.4, -0.2) is 36.4 Å². The van der Waals surface area contributed by atoms with Crippen LogP contribution < -0.4 is 14.8 Å². The van der Waals surface area contributed by atoms with Gasteiger partial charge in [-0.15, -0.1) is 0 Å². The summed E-state index contributed by atoms with van der Waals surface area (Å²) in [5, 5.41) is 14.5. The number of fused-ring (bicyclic) bond motifs is 1. The van der Waals surface area contributed by atoms with Crippen LogP contribution in [0.15, 0.2) is 72.9 Å². The summed E-state index contributed by atoms with van der Waals surface area (Å²) in [6, 6.07) is 20.9. The van der Waals surface area contributed by atoms with Crippen LogP contribution in [0, 0.1) is 0 Å². The monoisotopic (exact) mass is 430 g/mol. The molecule has 0 radical (unpaired) electrons. The van der Waals surface area contributed by atoms with Crippen LogP contribution in [0.25, 0.3) is 22.0 Å². The van der Waals surface area contributed by atoms with E-state index in [-0.39, 0.29) is 5.92 Å². The van der Waals surface area contributed by atoms with Crippen molar-refractivity contribution in [2.75, 3.05) is 14.2 Å². The number of nitrogens with one attached hydrogen (secondary N) is 2. The number of carbonyl (C=O) groups excluding carboxylic acids is 1. The Labute approximate surface area is 186 Å². The second-order valence-corrected chi connectivity index (χ2v) is 7.64. The van der Waals surface area contributed by atoms with Crippen molar-refractivity contribution in [3.05, 3.63) is 84.1 Å². The van der Waals surface area contributed by atoms with E-state index in [4.69, 9.17) is 9.47 Å². The fourth-order valence-corrected chi connectivity index (χ4v) is 3.85. The van der Waals surface area contributed by atoms with E-state index >= 15 is 0 Å². The van der Waals surface area contributed by atoms with Crippen molar-refractivity contribution in [1.29, 1.82) is 0 Å². The molecule has 32 heavy (non-hydrogen) atoms. The molecular formula is C26H26N2O4. The average molecular weight is 431 g/mol. The number of aromatic nitrogens is 1. The number of aromatic amines is 1. The van der Waals surface area contributed by atoms with E-state index in [1.54, 1.807) is 19.2 Å². The number of aliphatic hydroxyl groups excluding tert-OH is 1. The van der Waals surface area contributed by atoms with Gasteiger partial charge in [-0.25, -0.2) is 0 Å². The number of hydrogen-bond donors (Lipinski definition) is 3. The highest BCUT2D eigenvalue weighted by Gasteiger charge is 2.23. The third-order valence-electron chi connectivity index (χ3n) is 5.71. The minimum atomic E-state index is -1.08. The zero-order valence-corrected chi connectivity index (χ0v) is 18.3. The molecule has 0 bridgehead atoms. The van der Waals surface area contributed by atoms with Crippen LogP contribution in [-0.2, 0) is 0 Å². The molecule has 6 heteroatoms. The van der Waals surface area contributed by atoms with Crippen LogP contribution in [0.3, 0.4) is 0 Å². The van der Waals surface area contributed by atoms with Crippen LogP contribution in [0.5, 0.6) is 11.5 Å². The molecule has 0 saturated carbocycles. The van der Waals surface area contributed by atoms with Crippen molar-refractivity contribution >= 4 is 16.8 Å². The Kier molecular flexibility index (Phi) is 6.14. The van der Waals surface area contributed by atoms with E-state index in [2.05, 4.69) is 10.3 Å². The number of para-hydroxylation sites is 1. The molecule has 4 rings (SSSR count). The number of carbonyl (C=O) groups is 1. The van der Waals surface area contributed by atoms with Crippen molar-refractivity contribution in [1.82, 2.24) is 10.3 Å². The molecule has 0 fully saturated rings. The van der Waals surface area contributed by atoms with E-state index in [9.17, 15) is 9.90 Å². The van der Waals surface area contributed by atoms with Gasteiger partial charge in [-0.2, -0.15) is 0 Å². The topological polar surface area (TPSA) is 83.6 Å². The maximum absolute atomic E-state index is 13.1. The van der Waals surface area contributed by atoms with Crippen LogP contribution in [0.1, 0.15) is 28.8 Å². The molecule has 1 amide bonds. The zero-order chi connectivity index (χ0) is 22.7. The van der Waals surface area contributed by atoms with Gasteiger partial charge in [0.15, 0.2) is 0 Å². The molecular weight excluding hydrogens is 404 g/mol. The van der Waals surface area contributed by atoms with Gasteiger partial charge in [-0.05, 0) is 47.0 Å². The maximum atomic E-state index is 13.1. The molecule has 0 aliphatic rings. The van der Waals surface area contributed by atoms with Gasteiger partial charge in [-0.3, -0.25) is 4.79 Å². The molecule has 1 unspecified atom stereocenters. The van der Waals surface area contributed by atoms with E-state index in [1.807, 2.05) is 67.7 Å². The Balaban J connectivity index is 1.59. The Hall–Kier alpha value is -3.77. The van der Waals surface area contributed by atoms with Gasteiger partial charge >= 0.3 is 0 Å². The first-order chi connectivity index (χ1) is 15.5. The number of hydrogen-bond acceptors (Lipinski definition) is 4. The molecule has 6 nitrogen and oxygen atoms in total. The molecule has 3 aromatic carbocycles. The van der Waals surface area contributed by atoms with Crippen LogP contribution in [0.2, 0.25) is 0 Å². The number of ether oxygens (including phenoxy) is 2. The van der Waals surface area contributed by atoms with Crippen molar-refractivity contribution in [2.24, 2.45) is 0 Å². The molecule has 0 aliphatic carbocycles. The molecule has 4 aromatic rings. The lowest BCUT2D eigenvalue weighted by Gasteiger charge is -2.21. The van der Waals surface area contributed by atoms with Crippen LogP contribution >= 0.6 is 0 Å². The smallest absolute Gasteiger partial charge is 0.257 e. The number of methoxy groups -OCH3 is 2. The van der Waals surface area contributed by atoms with Crippen molar-refractivity contribution in [3.63, 3.8) is 0 Å². The van der Waals surface area contributed by atoms with Crippen LogP contribution in [0.4, 0.5) is 0 Å². The lowest BCUT2D eigenvalue weighted by molar-refractivity contribution is 0.0725. The highest BCUT2D eigenvalue weighted by molar-refractivity contribution is 5.98. The third kappa shape index (κ3) is 4.18. The highest BCUT2D eigenvalue weighted by Crippen LogP contribution is 2.30.